The number of aromatic nitrogens is 2. The van der Waals surface area contributed by atoms with Crippen molar-refractivity contribution in [3.8, 4) is 0 Å². The summed E-state index contributed by atoms with van der Waals surface area (Å²) in [6, 6.07) is 3.01. The molecule has 1 aliphatic carbocycles. The molecular weight excluding hydrogens is 210 g/mol. The van der Waals surface area contributed by atoms with Crippen LogP contribution in [0.2, 0.25) is 0 Å². The molecule has 1 fully saturated rings. The smallest absolute Gasteiger partial charge is 0.0630 e. The van der Waals surface area contributed by atoms with Crippen molar-refractivity contribution in [2.24, 2.45) is 11.1 Å². The van der Waals surface area contributed by atoms with E-state index in [1.165, 1.54) is 18.5 Å². The highest BCUT2D eigenvalue weighted by Crippen LogP contribution is 2.50. The summed E-state index contributed by atoms with van der Waals surface area (Å²) in [6.07, 6.45) is 8.01. The molecule has 3 nitrogen and oxygen atoms in total. The Kier molecular flexibility index (Phi) is 3.57. The number of rotatable bonds is 6. The maximum Gasteiger partial charge on any atom is 0.0630 e. The molecule has 2 N–H and O–H groups in total. The molecule has 3 heteroatoms. The van der Waals surface area contributed by atoms with E-state index >= 15 is 0 Å². The molecule has 1 aromatic heterocycles. The molecule has 0 amide bonds. The lowest BCUT2D eigenvalue weighted by Gasteiger charge is -2.18. The van der Waals surface area contributed by atoms with E-state index in [0.717, 1.165) is 19.3 Å². The van der Waals surface area contributed by atoms with Gasteiger partial charge in [-0.1, -0.05) is 13.8 Å². The molecule has 96 valence electrons. The molecule has 1 saturated carbocycles. The van der Waals surface area contributed by atoms with E-state index in [1.54, 1.807) is 0 Å². The van der Waals surface area contributed by atoms with E-state index < -0.39 is 0 Å². The van der Waals surface area contributed by atoms with Crippen molar-refractivity contribution in [2.45, 2.75) is 65.0 Å². The Balaban J connectivity index is 2.04. The molecule has 1 aromatic rings. The third kappa shape index (κ3) is 2.54. The second-order valence-corrected chi connectivity index (χ2v) is 5.59. The highest BCUT2D eigenvalue weighted by molar-refractivity contribution is 5.11. The van der Waals surface area contributed by atoms with Crippen LogP contribution < -0.4 is 5.73 Å². The normalized spacial score (nSPS) is 19.6. The van der Waals surface area contributed by atoms with Crippen LogP contribution >= 0.6 is 0 Å². The third-order valence-electron chi connectivity index (χ3n) is 4.37. The predicted octanol–water partition coefficient (Wildman–Crippen LogP) is 2.91. The first-order chi connectivity index (χ1) is 8.11. The third-order valence-corrected chi connectivity index (χ3v) is 4.37. The first kappa shape index (κ1) is 12.6. The second-order valence-electron chi connectivity index (χ2n) is 5.59. The number of hydrogen-bond donors (Lipinski definition) is 1. The van der Waals surface area contributed by atoms with E-state index in [9.17, 15) is 0 Å². The largest absolute Gasteiger partial charge is 0.327 e. The SMILES string of the molecule is CCC(CC)n1ccc(CC2(C(C)N)CC2)n1. The van der Waals surface area contributed by atoms with Gasteiger partial charge in [-0.05, 0) is 50.5 Å². The molecule has 0 aromatic carbocycles. The minimum atomic E-state index is 0.292. The molecule has 2 rings (SSSR count). The van der Waals surface area contributed by atoms with Crippen molar-refractivity contribution in [3.05, 3.63) is 18.0 Å². The van der Waals surface area contributed by atoms with Gasteiger partial charge in [-0.2, -0.15) is 5.10 Å². The highest BCUT2D eigenvalue weighted by Gasteiger charge is 2.46. The van der Waals surface area contributed by atoms with Gasteiger partial charge in [-0.3, -0.25) is 4.68 Å². The summed E-state index contributed by atoms with van der Waals surface area (Å²) < 4.78 is 2.13. The molecule has 1 aliphatic rings. The Morgan fingerprint density at radius 1 is 1.41 bits per heavy atom. The summed E-state index contributed by atoms with van der Waals surface area (Å²) in [7, 11) is 0. The van der Waals surface area contributed by atoms with Crippen molar-refractivity contribution in [2.75, 3.05) is 0 Å². The monoisotopic (exact) mass is 235 g/mol. The van der Waals surface area contributed by atoms with Crippen LogP contribution in [0.4, 0.5) is 0 Å². The van der Waals surface area contributed by atoms with Gasteiger partial charge < -0.3 is 5.73 Å². The Labute approximate surface area is 104 Å². The predicted molar refractivity (Wildman–Crippen MR) is 70.9 cm³/mol. The quantitative estimate of drug-likeness (QED) is 0.824. The Morgan fingerprint density at radius 3 is 2.53 bits per heavy atom. The van der Waals surface area contributed by atoms with Crippen LogP contribution in [-0.2, 0) is 6.42 Å². The number of nitrogens with two attached hydrogens (primary N) is 1. The number of nitrogens with zero attached hydrogens (tertiary/aromatic N) is 2. The van der Waals surface area contributed by atoms with E-state index in [4.69, 9.17) is 10.8 Å². The highest BCUT2D eigenvalue weighted by atomic mass is 15.3. The molecule has 0 saturated heterocycles. The molecule has 0 bridgehead atoms. The molecule has 1 unspecified atom stereocenters. The van der Waals surface area contributed by atoms with Gasteiger partial charge in [-0.25, -0.2) is 0 Å². The van der Waals surface area contributed by atoms with E-state index in [2.05, 4.69) is 37.7 Å². The molecule has 1 atom stereocenters. The zero-order valence-corrected chi connectivity index (χ0v) is 11.3. The summed E-state index contributed by atoms with van der Waals surface area (Å²) in [5.41, 5.74) is 7.63. The van der Waals surface area contributed by atoms with Gasteiger partial charge in [0, 0.05) is 12.2 Å². The van der Waals surface area contributed by atoms with Gasteiger partial charge in [0.25, 0.3) is 0 Å². The summed E-state index contributed by atoms with van der Waals surface area (Å²) in [5.74, 6) is 0. The van der Waals surface area contributed by atoms with Gasteiger partial charge in [0.2, 0.25) is 0 Å². The first-order valence-corrected chi connectivity index (χ1v) is 6.91. The van der Waals surface area contributed by atoms with Crippen LogP contribution in [0, 0.1) is 5.41 Å². The topological polar surface area (TPSA) is 43.8 Å². The zero-order valence-electron chi connectivity index (χ0n) is 11.3. The standard InChI is InChI=1S/C14H25N3/c1-4-13(5-2)17-9-6-12(16-17)10-14(7-8-14)11(3)15/h6,9,11,13H,4-5,7-8,10,15H2,1-3H3. The van der Waals surface area contributed by atoms with Crippen LogP contribution in [0.15, 0.2) is 12.3 Å². The van der Waals surface area contributed by atoms with E-state index in [-0.39, 0.29) is 0 Å². The van der Waals surface area contributed by atoms with Crippen molar-refractivity contribution in [3.63, 3.8) is 0 Å². The summed E-state index contributed by atoms with van der Waals surface area (Å²) >= 11 is 0. The average Bonchev–Trinajstić information content (AvgIpc) is 2.94. The Hall–Kier alpha value is -0.830. The van der Waals surface area contributed by atoms with Crippen molar-refractivity contribution in [1.82, 2.24) is 9.78 Å². The summed E-state index contributed by atoms with van der Waals surface area (Å²) in [6.45, 7) is 6.57. The maximum atomic E-state index is 6.06. The van der Waals surface area contributed by atoms with Crippen LogP contribution in [0.25, 0.3) is 0 Å². The van der Waals surface area contributed by atoms with Crippen LogP contribution in [-0.4, -0.2) is 15.8 Å². The van der Waals surface area contributed by atoms with Gasteiger partial charge in [0.1, 0.15) is 0 Å². The fourth-order valence-corrected chi connectivity index (χ4v) is 2.65. The fraction of sp³-hybridized carbons (Fsp3) is 0.786. The molecule has 0 spiro atoms. The van der Waals surface area contributed by atoms with Gasteiger partial charge in [0.15, 0.2) is 0 Å². The molecular formula is C14H25N3. The molecule has 0 aliphatic heterocycles. The maximum absolute atomic E-state index is 6.06. The lowest BCUT2D eigenvalue weighted by atomic mass is 9.93. The van der Waals surface area contributed by atoms with Crippen molar-refractivity contribution < 1.29 is 0 Å². The van der Waals surface area contributed by atoms with Gasteiger partial charge in [-0.15, -0.1) is 0 Å². The Bertz CT molecular complexity index is 359. The fourth-order valence-electron chi connectivity index (χ4n) is 2.65. The van der Waals surface area contributed by atoms with Crippen LogP contribution in [0.3, 0.4) is 0 Å². The van der Waals surface area contributed by atoms with Crippen LogP contribution in [0.1, 0.15) is 58.2 Å². The first-order valence-electron chi connectivity index (χ1n) is 6.91. The second kappa shape index (κ2) is 4.81. The molecule has 1 heterocycles. The number of hydrogen-bond acceptors (Lipinski definition) is 2. The minimum absolute atomic E-state index is 0.292. The van der Waals surface area contributed by atoms with Gasteiger partial charge >= 0.3 is 0 Å². The summed E-state index contributed by atoms with van der Waals surface area (Å²) in [5, 5.41) is 4.72. The van der Waals surface area contributed by atoms with Crippen LogP contribution in [0.5, 0.6) is 0 Å². The lowest BCUT2D eigenvalue weighted by Crippen LogP contribution is -2.30. The van der Waals surface area contributed by atoms with E-state index in [1.807, 2.05) is 0 Å². The molecule has 0 radical (unpaired) electrons. The Morgan fingerprint density at radius 2 is 2.06 bits per heavy atom. The average molecular weight is 235 g/mol. The van der Waals surface area contributed by atoms with E-state index in [0.29, 0.717) is 17.5 Å². The van der Waals surface area contributed by atoms with Crippen molar-refractivity contribution >= 4 is 0 Å². The minimum Gasteiger partial charge on any atom is -0.327 e. The van der Waals surface area contributed by atoms with Gasteiger partial charge in [0.05, 0.1) is 11.7 Å². The zero-order chi connectivity index (χ0) is 12.5. The molecule has 17 heavy (non-hydrogen) atoms. The lowest BCUT2D eigenvalue weighted by molar-refractivity contribution is 0.397. The summed E-state index contributed by atoms with van der Waals surface area (Å²) in [4.78, 5) is 0. The van der Waals surface area contributed by atoms with Crippen molar-refractivity contribution in [1.29, 1.82) is 0 Å².